The Bertz CT molecular complexity index is 429. The van der Waals surface area contributed by atoms with Crippen LogP contribution < -0.4 is 5.32 Å². The molecule has 0 spiro atoms. The lowest BCUT2D eigenvalue weighted by Crippen LogP contribution is -2.47. The summed E-state index contributed by atoms with van der Waals surface area (Å²) >= 11 is 0. The molecule has 1 fully saturated rings. The van der Waals surface area contributed by atoms with Crippen molar-refractivity contribution in [2.75, 3.05) is 26.7 Å². The predicted octanol–water partition coefficient (Wildman–Crippen LogP) is -0.607. The second kappa shape index (κ2) is 4.96. The van der Waals surface area contributed by atoms with Gasteiger partial charge in [0.2, 0.25) is 5.91 Å². The minimum atomic E-state index is -0.549. The van der Waals surface area contributed by atoms with Crippen LogP contribution in [0.4, 0.5) is 0 Å². The Balaban J connectivity index is 2.01. The summed E-state index contributed by atoms with van der Waals surface area (Å²) in [6.45, 7) is 2.03. The van der Waals surface area contributed by atoms with E-state index in [0.29, 0.717) is 25.4 Å². The largest absolute Gasteiger partial charge is 0.464 e. The lowest BCUT2D eigenvalue weighted by molar-refractivity contribution is -0.132. The van der Waals surface area contributed by atoms with Crippen LogP contribution in [0.5, 0.6) is 0 Å². The molecule has 1 amide bonds. The SMILES string of the molecule is COC(=O)c1cc(CN2CCNCC2=O)on1. The van der Waals surface area contributed by atoms with Crippen LogP contribution in [-0.4, -0.2) is 48.7 Å². The van der Waals surface area contributed by atoms with Gasteiger partial charge in [-0.3, -0.25) is 4.79 Å². The highest BCUT2D eigenvalue weighted by molar-refractivity contribution is 5.87. The van der Waals surface area contributed by atoms with Crippen molar-refractivity contribution in [2.45, 2.75) is 6.54 Å². The van der Waals surface area contributed by atoms with Crippen molar-refractivity contribution < 1.29 is 18.8 Å². The molecule has 2 heterocycles. The molecule has 1 aromatic heterocycles. The number of ether oxygens (including phenoxy) is 1. The Labute approximate surface area is 97.7 Å². The lowest BCUT2D eigenvalue weighted by atomic mass is 10.3. The van der Waals surface area contributed by atoms with Crippen molar-refractivity contribution in [2.24, 2.45) is 0 Å². The van der Waals surface area contributed by atoms with Crippen LogP contribution in [0.25, 0.3) is 0 Å². The van der Waals surface area contributed by atoms with Gasteiger partial charge in [0, 0.05) is 19.2 Å². The minimum Gasteiger partial charge on any atom is -0.464 e. The molecule has 7 heteroatoms. The van der Waals surface area contributed by atoms with E-state index in [1.807, 2.05) is 0 Å². The topological polar surface area (TPSA) is 84.7 Å². The van der Waals surface area contributed by atoms with Crippen molar-refractivity contribution in [3.05, 3.63) is 17.5 Å². The smallest absolute Gasteiger partial charge is 0.360 e. The van der Waals surface area contributed by atoms with Crippen molar-refractivity contribution in [1.82, 2.24) is 15.4 Å². The number of carbonyl (C=O) groups is 2. The normalized spacial score (nSPS) is 16.1. The van der Waals surface area contributed by atoms with Gasteiger partial charge in [0.25, 0.3) is 0 Å². The molecule has 0 saturated carbocycles. The highest BCUT2D eigenvalue weighted by Gasteiger charge is 2.20. The van der Waals surface area contributed by atoms with Crippen LogP contribution in [0.2, 0.25) is 0 Å². The third-order valence-electron chi connectivity index (χ3n) is 2.49. The van der Waals surface area contributed by atoms with Crippen LogP contribution in [0, 0.1) is 0 Å². The summed E-state index contributed by atoms with van der Waals surface area (Å²) in [6, 6.07) is 1.49. The van der Waals surface area contributed by atoms with Crippen LogP contribution in [0.15, 0.2) is 10.6 Å². The van der Waals surface area contributed by atoms with E-state index in [9.17, 15) is 9.59 Å². The summed E-state index contributed by atoms with van der Waals surface area (Å²) in [5.41, 5.74) is 0.116. The number of hydrogen-bond donors (Lipinski definition) is 1. The minimum absolute atomic E-state index is 0.00673. The number of methoxy groups -OCH3 is 1. The van der Waals surface area contributed by atoms with E-state index in [2.05, 4.69) is 15.2 Å². The Kier molecular flexibility index (Phi) is 3.38. The van der Waals surface area contributed by atoms with Gasteiger partial charge in [0.1, 0.15) is 0 Å². The van der Waals surface area contributed by atoms with Gasteiger partial charge in [0.15, 0.2) is 11.5 Å². The number of piperazine rings is 1. The molecule has 1 aliphatic heterocycles. The number of esters is 1. The monoisotopic (exact) mass is 239 g/mol. The zero-order valence-corrected chi connectivity index (χ0v) is 9.43. The maximum atomic E-state index is 11.5. The van der Waals surface area contributed by atoms with Gasteiger partial charge in [-0.15, -0.1) is 0 Å². The number of nitrogens with one attached hydrogen (secondary N) is 1. The molecule has 0 radical (unpaired) electrons. The molecule has 17 heavy (non-hydrogen) atoms. The zero-order chi connectivity index (χ0) is 12.3. The van der Waals surface area contributed by atoms with Crippen molar-refractivity contribution >= 4 is 11.9 Å². The van der Waals surface area contributed by atoms with E-state index >= 15 is 0 Å². The van der Waals surface area contributed by atoms with Crippen molar-refractivity contribution in [3.8, 4) is 0 Å². The highest BCUT2D eigenvalue weighted by Crippen LogP contribution is 2.09. The maximum Gasteiger partial charge on any atom is 0.360 e. The molecular formula is C10H13N3O4. The summed E-state index contributed by atoms with van der Waals surface area (Å²) in [5.74, 6) is -0.0699. The first-order valence-corrected chi connectivity index (χ1v) is 5.23. The van der Waals surface area contributed by atoms with Crippen LogP contribution >= 0.6 is 0 Å². The van der Waals surface area contributed by atoms with Gasteiger partial charge in [-0.2, -0.15) is 0 Å². The summed E-state index contributed by atoms with van der Waals surface area (Å²) in [7, 11) is 1.27. The Morgan fingerprint density at radius 3 is 3.24 bits per heavy atom. The van der Waals surface area contributed by atoms with E-state index in [4.69, 9.17) is 4.52 Å². The molecular weight excluding hydrogens is 226 g/mol. The quantitative estimate of drug-likeness (QED) is 0.708. The van der Waals surface area contributed by atoms with Gasteiger partial charge >= 0.3 is 5.97 Å². The maximum absolute atomic E-state index is 11.5. The number of rotatable bonds is 3. The Hall–Kier alpha value is -1.89. The molecule has 0 unspecified atom stereocenters. The standard InChI is InChI=1S/C10H13N3O4/c1-16-10(15)8-4-7(17-12-8)6-13-3-2-11-5-9(13)14/h4,11H,2-3,5-6H2,1H3. The molecule has 1 N–H and O–H groups in total. The third-order valence-corrected chi connectivity index (χ3v) is 2.49. The third kappa shape index (κ3) is 2.62. The Morgan fingerprint density at radius 1 is 1.71 bits per heavy atom. The molecule has 7 nitrogen and oxygen atoms in total. The molecule has 1 saturated heterocycles. The van der Waals surface area contributed by atoms with E-state index in [0.717, 1.165) is 6.54 Å². The molecule has 0 atom stereocenters. The van der Waals surface area contributed by atoms with Crippen LogP contribution in [0.1, 0.15) is 16.2 Å². The summed E-state index contributed by atoms with van der Waals surface area (Å²) in [6.07, 6.45) is 0. The summed E-state index contributed by atoms with van der Waals surface area (Å²) in [5, 5.41) is 6.55. The van der Waals surface area contributed by atoms with E-state index < -0.39 is 5.97 Å². The van der Waals surface area contributed by atoms with Crippen LogP contribution in [-0.2, 0) is 16.1 Å². The molecule has 0 aliphatic carbocycles. The second-order valence-electron chi connectivity index (χ2n) is 3.66. The zero-order valence-electron chi connectivity index (χ0n) is 9.43. The number of carbonyl (C=O) groups excluding carboxylic acids is 2. The van der Waals surface area contributed by atoms with E-state index in [1.165, 1.54) is 13.2 Å². The molecule has 0 bridgehead atoms. The predicted molar refractivity (Wildman–Crippen MR) is 56.1 cm³/mol. The fourth-order valence-corrected chi connectivity index (χ4v) is 1.59. The molecule has 1 aromatic rings. The van der Waals surface area contributed by atoms with E-state index in [1.54, 1.807) is 4.90 Å². The molecule has 1 aliphatic rings. The van der Waals surface area contributed by atoms with Crippen molar-refractivity contribution in [1.29, 1.82) is 0 Å². The fourth-order valence-electron chi connectivity index (χ4n) is 1.59. The average Bonchev–Trinajstić information content (AvgIpc) is 2.80. The highest BCUT2D eigenvalue weighted by atomic mass is 16.5. The average molecular weight is 239 g/mol. The molecule has 2 rings (SSSR count). The van der Waals surface area contributed by atoms with Gasteiger partial charge in [0.05, 0.1) is 20.2 Å². The van der Waals surface area contributed by atoms with Gasteiger partial charge in [-0.05, 0) is 0 Å². The van der Waals surface area contributed by atoms with Gasteiger partial charge < -0.3 is 19.5 Å². The Morgan fingerprint density at radius 2 is 2.53 bits per heavy atom. The van der Waals surface area contributed by atoms with Gasteiger partial charge in [-0.25, -0.2) is 4.79 Å². The van der Waals surface area contributed by atoms with E-state index in [-0.39, 0.29) is 11.6 Å². The van der Waals surface area contributed by atoms with Crippen LogP contribution in [0.3, 0.4) is 0 Å². The lowest BCUT2D eigenvalue weighted by Gasteiger charge is -2.26. The number of hydrogen-bond acceptors (Lipinski definition) is 6. The molecule has 92 valence electrons. The number of nitrogens with zero attached hydrogens (tertiary/aromatic N) is 2. The first-order valence-electron chi connectivity index (χ1n) is 5.23. The molecule has 0 aromatic carbocycles. The van der Waals surface area contributed by atoms with Crippen molar-refractivity contribution in [3.63, 3.8) is 0 Å². The number of aromatic nitrogens is 1. The second-order valence-corrected chi connectivity index (χ2v) is 3.66. The summed E-state index contributed by atoms with van der Waals surface area (Å²) in [4.78, 5) is 24.3. The fraction of sp³-hybridized carbons (Fsp3) is 0.500. The van der Waals surface area contributed by atoms with Gasteiger partial charge in [-0.1, -0.05) is 5.16 Å². The first-order chi connectivity index (χ1) is 8.20. The number of amides is 1. The first kappa shape index (κ1) is 11.6. The summed E-state index contributed by atoms with van der Waals surface area (Å²) < 4.78 is 9.48.